The standard InChI is InChI=1S/C12H10F16O4S/c13-5(14)7(17,18)9(21,22)11(25,26)12(27,28)10(23,24)8(19,20)6(15,16)4-32-2-1-3-33(29,30)31/h5H,1-4H2,(H,29,30,31). The zero-order valence-corrected chi connectivity index (χ0v) is 15.8. The smallest absolute Gasteiger partial charge is 0.375 e. The van der Waals surface area contributed by atoms with Crippen molar-refractivity contribution in [1.29, 1.82) is 0 Å². The van der Waals surface area contributed by atoms with Gasteiger partial charge < -0.3 is 4.74 Å². The summed E-state index contributed by atoms with van der Waals surface area (Å²) in [5, 5.41) is 0. The molecule has 0 bridgehead atoms. The third-order valence-corrected chi connectivity index (χ3v) is 4.51. The Morgan fingerprint density at radius 3 is 1.39 bits per heavy atom. The highest BCUT2D eigenvalue weighted by molar-refractivity contribution is 7.85. The first-order chi connectivity index (χ1) is 14.2. The summed E-state index contributed by atoms with van der Waals surface area (Å²) in [6.45, 7) is -4.44. The fourth-order valence-corrected chi connectivity index (χ4v) is 2.28. The first-order valence-corrected chi connectivity index (χ1v) is 9.22. The van der Waals surface area contributed by atoms with Gasteiger partial charge in [-0.25, -0.2) is 8.78 Å². The van der Waals surface area contributed by atoms with Crippen molar-refractivity contribution in [3.05, 3.63) is 0 Å². The van der Waals surface area contributed by atoms with Gasteiger partial charge in [-0.1, -0.05) is 0 Å². The average Bonchev–Trinajstić information content (AvgIpc) is 2.58. The monoisotopic (exact) mass is 554 g/mol. The summed E-state index contributed by atoms with van der Waals surface area (Å²) in [5.74, 6) is -56.5. The largest absolute Gasteiger partial charge is 0.384 e. The lowest BCUT2D eigenvalue weighted by Gasteiger charge is -2.42. The summed E-state index contributed by atoms with van der Waals surface area (Å²) < 4.78 is 241. The third kappa shape index (κ3) is 5.38. The van der Waals surface area contributed by atoms with Crippen molar-refractivity contribution in [2.45, 2.75) is 54.3 Å². The highest BCUT2D eigenvalue weighted by atomic mass is 32.2. The van der Waals surface area contributed by atoms with Crippen LogP contribution in [0.25, 0.3) is 0 Å². The van der Waals surface area contributed by atoms with Crippen LogP contribution in [0.5, 0.6) is 0 Å². The fraction of sp³-hybridized carbons (Fsp3) is 1.00. The van der Waals surface area contributed by atoms with Crippen LogP contribution in [-0.4, -0.2) is 79.8 Å². The predicted octanol–water partition coefficient (Wildman–Crippen LogP) is 4.99. The summed E-state index contributed by atoms with van der Waals surface area (Å²) in [5.41, 5.74) is 0. The lowest BCUT2D eigenvalue weighted by atomic mass is 9.89. The van der Waals surface area contributed by atoms with Gasteiger partial charge >= 0.3 is 47.9 Å². The van der Waals surface area contributed by atoms with Gasteiger partial charge in [0, 0.05) is 6.61 Å². The summed E-state index contributed by atoms with van der Waals surface area (Å²) in [7, 11) is -4.76. The summed E-state index contributed by atoms with van der Waals surface area (Å²) in [4.78, 5) is 0. The van der Waals surface area contributed by atoms with Crippen molar-refractivity contribution >= 4 is 10.1 Å². The average molecular weight is 554 g/mol. The minimum atomic E-state index is -8.49. The molecule has 0 aliphatic carbocycles. The van der Waals surface area contributed by atoms with E-state index in [4.69, 9.17) is 4.55 Å². The molecule has 4 nitrogen and oxygen atoms in total. The highest BCUT2D eigenvalue weighted by Crippen LogP contribution is 2.62. The molecule has 0 atom stereocenters. The van der Waals surface area contributed by atoms with Crippen LogP contribution in [0.15, 0.2) is 0 Å². The molecular formula is C12H10F16O4S. The maximum Gasteiger partial charge on any atom is 0.384 e. The number of hydrogen-bond donors (Lipinski definition) is 1. The van der Waals surface area contributed by atoms with Crippen LogP contribution in [0, 0.1) is 0 Å². The van der Waals surface area contributed by atoms with Crippen molar-refractivity contribution in [3.8, 4) is 0 Å². The summed E-state index contributed by atoms with van der Waals surface area (Å²) >= 11 is 0. The zero-order valence-electron chi connectivity index (χ0n) is 15.0. The Morgan fingerprint density at radius 1 is 0.667 bits per heavy atom. The number of alkyl halides is 16. The second-order valence-electron chi connectivity index (χ2n) is 6.19. The van der Waals surface area contributed by atoms with Crippen molar-refractivity contribution in [2.24, 2.45) is 0 Å². The Hall–Kier alpha value is -1.25. The lowest BCUT2D eigenvalue weighted by molar-refractivity contribution is -0.448. The molecule has 0 aromatic heterocycles. The molecule has 0 rings (SSSR count). The number of ether oxygens (including phenoxy) is 1. The van der Waals surface area contributed by atoms with E-state index in [1.165, 1.54) is 0 Å². The molecule has 0 fully saturated rings. The van der Waals surface area contributed by atoms with Gasteiger partial charge in [-0.3, -0.25) is 4.55 Å². The Labute approximate surface area is 172 Å². The van der Waals surface area contributed by atoms with Crippen LogP contribution in [-0.2, 0) is 14.9 Å². The van der Waals surface area contributed by atoms with Crippen molar-refractivity contribution < 1.29 is 88.0 Å². The quantitative estimate of drug-likeness (QED) is 0.198. The first-order valence-electron chi connectivity index (χ1n) is 7.61. The molecule has 200 valence electrons. The van der Waals surface area contributed by atoms with E-state index < -0.39 is 83.4 Å². The van der Waals surface area contributed by atoms with E-state index in [0.717, 1.165) is 0 Å². The van der Waals surface area contributed by atoms with Crippen molar-refractivity contribution in [1.82, 2.24) is 0 Å². The molecule has 0 radical (unpaired) electrons. The molecule has 0 spiro atoms. The van der Waals surface area contributed by atoms with E-state index >= 15 is 0 Å². The predicted molar refractivity (Wildman–Crippen MR) is 72.5 cm³/mol. The normalized spacial score (nSPS) is 15.9. The molecule has 21 heteroatoms. The zero-order chi connectivity index (χ0) is 27.1. The van der Waals surface area contributed by atoms with E-state index in [-0.39, 0.29) is 0 Å². The maximum atomic E-state index is 13.4. The number of halogens is 16. The Bertz CT molecular complexity index is 778. The maximum absolute atomic E-state index is 13.4. The van der Waals surface area contributed by atoms with Crippen LogP contribution in [0.3, 0.4) is 0 Å². The minimum Gasteiger partial charge on any atom is -0.375 e. The van der Waals surface area contributed by atoms with Gasteiger partial charge in [0.1, 0.15) is 6.61 Å². The summed E-state index contributed by atoms with van der Waals surface area (Å²) in [6.07, 6.45) is -6.90. The topological polar surface area (TPSA) is 63.6 Å². The molecule has 1 N–H and O–H groups in total. The van der Waals surface area contributed by atoms with Gasteiger partial charge in [-0.05, 0) is 6.42 Å². The third-order valence-electron chi connectivity index (χ3n) is 3.70. The Kier molecular flexibility index (Phi) is 8.74. The molecule has 0 saturated carbocycles. The minimum absolute atomic E-state index is 0.986. The van der Waals surface area contributed by atoms with Gasteiger partial charge in [0.25, 0.3) is 10.1 Å². The SMILES string of the molecule is O=S(=O)(O)CCCOCC(F)(F)C(F)(F)C(F)(F)C(F)(F)C(F)(F)C(F)(F)C(F)(F)C(F)F. The molecule has 0 unspecified atom stereocenters. The van der Waals surface area contributed by atoms with Crippen LogP contribution >= 0.6 is 0 Å². The molecule has 0 aromatic carbocycles. The van der Waals surface area contributed by atoms with Gasteiger partial charge in [-0.15, -0.1) is 0 Å². The molecular weight excluding hydrogens is 544 g/mol. The molecule has 0 saturated heterocycles. The van der Waals surface area contributed by atoms with Crippen LogP contribution in [0.2, 0.25) is 0 Å². The highest BCUT2D eigenvalue weighted by Gasteiger charge is 2.93. The molecule has 0 amide bonds. The molecule has 0 aromatic rings. The second-order valence-corrected chi connectivity index (χ2v) is 7.76. The molecule has 0 aliphatic rings. The van der Waals surface area contributed by atoms with Crippen LogP contribution in [0.4, 0.5) is 70.2 Å². The first kappa shape index (κ1) is 31.8. The van der Waals surface area contributed by atoms with Crippen LogP contribution in [0.1, 0.15) is 6.42 Å². The van der Waals surface area contributed by atoms with E-state index in [9.17, 15) is 78.7 Å². The molecule has 33 heavy (non-hydrogen) atoms. The molecule has 0 heterocycles. The number of hydrogen-bond acceptors (Lipinski definition) is 3. The van der Waals surface area contributed by atoms with Crippen LogP contribution < -0.4 is 0 Å². The Morgan fingerprint density at radius 2 is 1.03 bits per heavy atom. The number of rotatable bonds is 13. The van der Waals surface area contributed by atoms with E-state index in [0.29, 0.717) is 0 Å². The Balaban J connectivity index is 6.05. The summed E-state index contributed by atoms with van der Waals surface area (Å²) in [6, 6.07) is 0. The van der Waals surface area contributed by atoms with E-state index in [2.05, 4.69) is 4.74 Å². The van der Waals surface area contributed by atoms with Gasteiger partial charge in [0.15, 0.2) is 0 Å². The fourth-order valence-electron chi connectivity index (χ4n) is 1.80. The van der Waals surface area contributed by atoms with Gasteiger partial charge in [0.2, 0.25) is 0 Å². The lowest BCUT2D eigenvalue weighted by Crippen LogP contribution is -2.74. The molecule has 0 aliphatic heterocycles. The van der Waals surface area contributed by atoms with Crippen molar-refractivity contribution in [2.75, 3.05) is 19.0 Å². The van der Waals surface area contributed by atoms with Gasteiger partial charge in [0.05, 0.1) is 5.75 Å². The van der Waals surface area contributed by atoms with E-state index in [1.54, 1.807) is 0 Å². The second kappa shape index (κ2) is 9.08. The van der Waals surface area contributed by atoms with Gasteiger partial charge in [-0.2, -0.15) is 69.9 Å². The van der Waals surface area contributed by atoms with Crippen molar-refractivity contribution in [3.63, 3.8) is 0 Å². The van der Waals surface area contributed by atoms with E-state index in [1.807, 2.05) is 0 Å².